The third-order valence-corrected chi connectivity index (χ3v) is 3.16. The van der Waals surface area contributed by atoms with Crippen LogP contribution in [0, 0.1) is 0 Å². The van der Waals surface area contributed by atoms with E-state index < -0.39 is 12.1 Å². The molecule has 0 spiro atoms. The molecule has 0 saturated heterocycles. The average molecular weight is 338 g/mol. The Hall–Kier alpha value is -1.88. The number of ether oxygens (including phenoxy) is 2. The zero-order valence-electron chi connectivity index (χ0n) is 15.4. The third kappa shape index (κ3) is 13.8. The maximum atomic E-state index is 11.0. The van der Waals surface area contributed by atoms with Crippen LogP contribution in [0.25, 0.3) is 0 Å². The van der Waals surface area contributed by atoms with Crippen molar-refractivity contribution in [1.82, 2.24) is 0 Å². The number of carbonyl (C=O) groups is 2. The van der Waals surface area contributed by atoms with E-state index >= 15 is 0 Å². The van der Waals surface area contributed by atoms with Crippen LogP contribution >= 0.6 is 0 Å². The second-order valence-electron chi connectivity index (χ2n) is 6.05. The molecule has 0 amide bonds. The van der Waals surface area contributed by atoms with Gasteiger partial charge in [0.05, 0.1) is 6.10 Å². The number of allylic oxidation sites excluding steroid dienone is 3. The Morgan fingerprint density at radius 2 is 1.62 bits per heavy atom. The van der Waals surface area contributed by atoms with Crippen molar-refractivity contribution in [2.24, 2.45) is 0 Å². The van der Waals surface area contributed by atoms with Crippen LogP contribution in [0.3, 0.4) is 0 Å². The molecule has 0 rings (SSSR count). The molecule has 0 radical (unpaired) electrons. The van der Waals surface area contributed by atoms with E-state index in [4.69, 9.17) is 9.47 Å². The van der Waals surface area contributed by atoms with Crippen molar-refractivity contribution >= 4 is 11.9 Å². The first-order valence-electron chi connectivity index (χ1n) is 8.14. The van der Waals surface area contributed by atoms with Gasteiger partial charge in [0.2, 0.25) is 0 Å². The molecule has 0 aliphatic rings. The van der Waals surface area contributed by atoms with Crippen LogP contribution in [0.15, 0.2) is 34.9 Å². The van der Waals surface area contributed by atoms with Gasteiger partial charge >= 0.3 is 11.9 Å². The first-order chi connectivity index (χ1) is 11.2. The fourth-order valence-corrected chi connectivity index (χ4v) is 2.00. The van der Waals surface area contributed by atoms with Gasteiger partial charge in [0, 0.05) is 20.3 Å². The topological polar surface area (TPSA) is 72.8 Å². The molecule has 0 fully saturated rings. The molecular weight excluding hydrogens is 308 g/mol. The van der Waals surface area contributed by atoms with Crippen molar-refractivity contribution in [3.8, 4) is 0 Å². The average Bonchev–Trinajstić information content (AvgIpc) is 2.43. The molecule has 0 unspecified atom stereocenters. The molecule has 0 bridgehead atoms. The third-order valence-electron chi connectivity index (χ3n) is 3.16. The molecule has 0 saturated carbocycles. The molecule has 0 aromatic carbocycles. The maximum Gasteiger partial charge on any atom is 0.302 e. The lowest BCUT2D eigenvalue weighted by Crippen LogP contribution is -2.11. The van der Waals surface area contributed by atoms with Crippen LogP contribution in [0.2, 0.25) is 0 Å². The molecule has 0 heterocycles. The highest BCUT2D eigenvalue weighted by atomic mass is 16.5. The molecule has 0 aliphatic heterocycles. The lowest BCUT2D eigenvalue weighted by molar-refractivity contribution is -0.141. The van der Waals surface area contributed by atoms with Gasteiger partial charge in [-0.25, -0.2) is 0 Å². The van der Waals surface area contributed by atoms with Crippen molar-refractivity contribution in [2.45, 2.75) is 60.0 Å². The maximum absolute atomic E-state index is 11.0. The number of esters is 2. The SMILES string of the molecule is CC(=O)OC/C=C(/COC(C)=O)C[C@H](O)/C=C(\C)CCC=C(C)C. The van der Waals surface area contributed by atoms with Crippen LogP contribution in [-0.2, 0) is 19.1 Å². The van der Waals surface area contributed by atoms with Crippen molar-refractivity contribution in [1.29, 1.82) is 0 Å². The fourth-order valence-electron chi connectivity index (χ4n) is 2.00. The van der Waals surface area contributed by atoms with Gasteiger partial charge in [-0.2, -0.15) is 0 Å². The van der Waals surface area contributed by atoms with E-state index in [0.717, 1.165) is 18.4 Å². The van der Waals surface area contributed by atoms with E-state index in [0.29, 0.717) is 12.0 Å². The smallest absolute Gasteiger partial charge is 0.302 e. The normalized spacial score (nSPS) is 13.2. The molecule has 0 aromatic heterocycles. The van der Waals surface area contributed by atoms with Crippen LogP contribution in [-0.4, -0.2) is 36.4 Å². The summed E-state index contributed by atoms with van der Waals surface area (Å²) in [6.45, 7) is 8.93. The molecule has 5 heteroatoms. The largest absolute Gasteiger partial charge is 0.462 e. The van der Waals surface area contributed by atoms with E-state index in [1.54, 1.807) is 6.08 Å². The number of hydrogen-bond acceptors (Lipinski definition) is 5. The Morgan fingerprint density at radius 1 is 1.00 bits per heavy atom. The van der Waals surface area contributed by atoms with Gasteiger partial charge in [-0.15, -0.1) is 0 Å². The van der Waals surface area contributed by atoms with Crippen molar-refractivity contribution in [2.75, 3.05) is 13.2 Å². The summed E-state index contributed by atoms with van der Waals surface area (Å²) in [5, 5.41) is 10.2. The van der Waals surface area contributed by atoms with Crippen LogP contribution in [0.1, 0.15) is 53.9 Å². The molecule has 0 aromatic rings. The van der Waals surface area contributed by atoms with Crippen molar-refractivity contribution < 1.29 is 24.2 Å². The van der Waals surface area contributed by atoms with Gasteiger partial charge < -0.3 is 14.6 Å². The summed E-state index contributed by atoms with van der Waals surface area (Å²) < 4.78 is 9.83. The van der Waals surface area contributed by atoms with Gasteiger partial charge in [-0.1, -0.05) is 23.3 Å². The Balaban J connectivity index is 4.64. The molecule has 1 atom stereocenters. The first-order valence-corrected chi connectivity index (χ1v) is 8.14. The molecule has 136 valence electrons. The Labute approximate surface area is 145 Å². The number of hydrogen-bond donors (Lipinski definition) is 1. The summed E-state index contributed by atoms with van der Waals surface area (Å²) in [5.41, 5.74) is 3.10. The van der Waals surface area contributed by atoms with Crippen LogP contribution in [0.5, 0.6) is 0 Å². The lowest BCUT2D eigenvalue weighted by atomic mass is 10.0. The predicted octanol–water partition coefficient (Wildman–Crippen LogP) is 3.48. The van der Waals surface area contributed by atoms with Gasteiger partial charge in [-0.05, 0) is 45.3 Å². The fraction of sp³-hybridized carbons (Fsp3) is 0.579. The van der Waals surface area contributed by atoms with E-state index in [1.165, 1.54) is 19.4 Å². The minimum absolute atomic E-state index is 0.0817. The van der Waals surface area contributed by atoms with E-state index in [-0.39, 0.29) is 19.2 Å². The summed E-state index contributed by atoms with van der Waals surface area (Å²) in [5.74, 6) is -0.773. The predicted molar refractivity (Wildman–Crippen MR) is 94.4 cm³/mol. The Kier molecular flexibility index (Phi) is 11.5. The molecule has 5 nitrogen and oxygen atoms in total. The summed E-state index contributed by atoms with van der Waals surface area (Å²) in [6, 6.07) is 0. The van der Waals surface area contributed by atoms with E-state index in [1.807, 2.05) is 13.0 Å². The second-order valence-corrected chi connectivity index (χ2v) is 6.05. The molecule has 1 N–H and O–H groups in total. The first kappa shape index (κ1) is 22.1. The summed E-state index contributed by atoms with van der Waals surface area (Å²) in [6.07, 6.45) is 7.13. The van der Waals surface area contributed by atoms with Gasteiger partial charge in [0.1, 0.15) is 13.2 Å². The van der Waals surface area contributed by atoms with Gasteiger partial charge in [0.25, 0.3) is 0 Å². The van der Waals surface area contributed by atoms with Gasteiger partial charge in [0.15, 0.2) is 0 Å². The highest BCUT2D eigenvalue weighted by Gasteiger charge is 2.08. The van der Waals surface area contributed by atoms with E-state index in [2.05, 4.69) is 19.9 Å². The summed E-state index contributed by atoms with van der Waals surface area (Å²) >= 11 is 0. The van der Waals surface area contributed by atoms with E-state index in [9.17, 15) is 14.7 Å². The Morgan fingerprint density at radius 3 is 2.17 bits per heavy atom. The number of carbonyl (C=O) groups excluding carboxylic acids is 2. The number of rotatable bonds is 10. The molecule has 24 heavy (non-hydrogen) atoms. The summed E-state index contributed by atoms with van der Waals surface area (Å²) in [4.78, 5) is 21.8. The standard InChI is InChI=1S/C19H30O5/c1-14(2)7-6-8-15(3)11-19(22)12-18(13-24-17(5)21)9-10-23-16(4)20/h7,9,11,19,22H,6,8,10,12-13H2,1-5H3/b15-11+,18-9+/t19-/m1/s1. The zero-order valence-corrected chi connectivity index (χ0v) is 15.4. The van der Waals surface area contributed by atoms with Gasteiger partial charge in [-0.3, -0.25) is 9.59 Å². The number of aliphatic hydroxyl groups is 1. The number of aliphatic hydroxyl groups excluding tert-OH is 1. The molecular formula is C19H30O5. The monoisotopic (exact) mass is 338 g/mol. The molecule has 0 aliphatic carbocycles. The summed E-state index contributed by atoms with van der Waals surface area (Å²) in [7, 11) is 0. The highest BCUT2D eigenvalue weighted by Crippen LogP contribution is 2.13. The minimum atomic E-state index is -0.671. The highest BCUT2D eigenvalue weighted by molar-refractivity contribution is 5.66. The minimum Gasteiger partial charge on any atom is -0.462 e. The van der Waals surface area contributed by atoms with Crippen molar-refractivity contribution in [3.05, 3.63) is 34.9 Å². The quantitative estimate of drug-likeness (QED) is 0.488. The van der Waals surface area contributed by atoms with Crippen LogP contribution in [0.4, 0.5) is 0 Å². The Bertz CT molecular complexity index is 496. The second kappa shape index (κ2) is 12.5. The van der Waals surface area contributed by atoms with Crippen molar-refractivity contribution in [3.63, 3.8) is 0 Å². The zero-order chi connectivity index (χ0) is 18.5. The van der Waals surface area contributed by atoms with Crippen LogP contribution < -0.4 is 0 Å². The lowest BCUT2D eigenvalue weighted by Gasteiger charge is -2.12.